The highest BCUT2D eigenvalue weighted by Crippen LogP contribution is 2.41. The van der Waals surface area contributed by atoms with Crippen LogP contribution in [0.1, 0.15) is 52.9 Å². The first-order chi connectivity index (χ1) is 10.2. The zero-order chi connectivity index (χ0) is 16.4. The molecule has 22 heavy (non-hydrogen) atoms. The van der Waals surface area contributed by atoms with Crippen molar-refractivity contribution in [3.8, 4) is 0 Å². The Hall–Kier alpha value is -0.390. The van der Waals surface area contributed by atoms with Crippen molar-refractivity contribution in [2.75, 3.05) is 32.4 Å². The molecule has 0 saturated carbocycles. The second kappa shape index (κ2) is 7.02. The third-order valence-electron chi connectivity index (χ3n) is 5.37. The van der Waals surface area contributed by atoms with Gasteiger partial charge in [0.15, 0.2) is 0 Å². The van der Waals surface area contributed by atoms with E-state index in [0.29, 0.717) is 17.9 Å². The highest BCUT2D eigenvalue weighted by molar-refractivity contribution is 7.88. The van der Waals surface area contributed by atoms with Crippen LogP contribution in [0.2, 0.25) is 0 Å². The Morgan fingerprint density at radius 2 is 2.09 bits per heavy atom. The van der Waals surface area contributed by atoms with Gasteiger partial charge in [-0.15, -0.1) is 0 Å². The van der Waals surface area contributed by atoms with Crippen molar-refractivity contribution in [3.63, 3.8) is 0 Å². The van der Waals surface area contributed by atoms with Gasteiger partial charge < -0.3 is 4.90 Å². The van der Waals surface area contributed by atoms with Gasteiger partial charge in [0.25, 0.3) is 0 Å². The van der Waals surface area contributed by atoms with E-state index in [1.165, 1.54) is 31.9 Å². The number of likely N-dealkylation sites (tertiary alicyclic amines) is 1. The summed E-state index contributed by atoms with van der Waals surface area (Å²) in [5.41, 5.74) is 3.63. The summed E-state index contributed by atoms with van der Waals surface area (Å²) in [5.74, 6) is 0.462. The summed E-state index contributed by atoms with van der Waals surface area (Å²) in [4.78, 5) is 2.50. The number of nitrogens with zero attached hydrogens (tertiary/aromatic N) is 1. The molecule has 0 radical (unpaired) electrons. The Bertz CT molecular complexity index is 523. The topological polar surface area (TPSA) is 49.4 Å². The molecule has 1 N–H and O–H groups in total. The average Bonchev–Trinajstić information content (AvgIpc) is 2.82. The van der Waals surface area contributed by atoms with Crippen LogP contribution in [0.25, 0.3) is 0 Å². The van der Waals surface area contributed by atoms with Gasteiger partial charge in [-0.05, 0) is 56.9 Å². The van der Waals surface area contributed by atoms with Gasteiger partial charge in [0.05, 0.1) is 6.26 Å². The lowest BCUT2D eigenvalue weighted by molar-refractivity contribution is 0.298. The highest BCUT2D eigenvalue weighted by atomic mass is 32.2. The van der Waals surface area contributed by atoms with Gasteiger partial charge in [0, 0.05) is 19.6 Å². The fraction of sp³-hybridized carbons (Fsp3) is 0.882. The van der Waals surface area contributed by atoms with Crippen LogP contribution in [0.3, 0.4) is 0 Å². The molecule has 0 aromatic heterocycles. The van der Waals surface area contributed by atoms with Crippen molar-refractivity contribution in [1.82, 2.24) is 9.62 Å². The number of hydrogen-bond donors (Lipinski definition) is 1. The van der Waals surface area contributed by atoms with Gasteiger partial charge in [0.2, 0.25) is 10.0 Å². The van der Waals surface area contributed by atoms with Crippen LogP contribution in [-0.4, -0.2) is 45.8 Å². The fourth-order valence-electron chi connectivity index (χ4n) is 4.05. The largest absolute Gasteiger partial charge is 0.303 e. The predicted octanol–water partition coefficient (Wildman–Crippen LogP) is 2.77. The first-order valence-electron chi connectivity index (χ1n) is 8.53. The molecule has 0 spiro atoms. The van der Waals surface area contributed by atoms with E-state index >= 15 is 0 Å². The molecule has 1 aliphatic heterocycles. The van der Waals surface area contributed by atoms with E-state index in [0.717, 1.165) is 26.1 Å². The zero-order valence-electron chi connectivity index (χ0n) is 14.6. The van der Waals surface area contributed by atoms with Crippen LogP contribution in [0.5, 0.6) is 0 Å². The van der Waals surface area contributed by atoms with E-state index in [-0.39, 0.29) is 0 Å². The predicted molar refractivity (Wildman–Crippen MR) is 92.3 cm³/mol. The van der Waals surface area contributed by atoms with E-state index in [9.17, 15) is 8.42 Å². The summed E-state index contributed by atoms with van der Waals surface area (Å²) in [6.45, 7) is 10.9. The normalized spacial score (nSPS) is 26.6. The molecule has 4 nitrogen and oxygen atoms in total. The average molecular weight is 329 g/mol. The summed E-state index contributed by atoms with van der Waals surface area (Å²) in [7, 11) is -3.06. The first-order valence-corrected chi connectivity index (χ1v) is 10.4. The maximum Gasteiger partial charge on any atom is 0.208 e. The van der Waals surface area contributed by atoms with E-state index in [2.05, 4.69) is 30.4 Å². The SMILES string of the molecule is CC1=C(CCN2CCC(CNS(C)(=O)=O)C2)C(C)(C)CCC1. The lowest BCUT2D eigenvalue weighted by atomic mass is 9.71. The summed E-state index contributed by atoms with van der Waals surface area (Å²) in [5, 5.41) is 0. The summed E-state index contributed by atoms with van der Waals surface area (Å²) >= 11 is 0. The van der Waals surface area contributed by atoms with Gasteiger partial charge in [-0.25, -0.2) is 13.1 Å². The van der Waals surface area contributed by atoms with Crippen LogP contribution in [0.4, 0.5) is 0 Å². The van der Waals surface area contributed by atoms with E-state index in [1.54, 1.807) is 11.1 Å². The standard InChI is InChI=1S/C17H32N2O2S/c1-14-6-5-9-17(2,3)16(14)8-11-19-10-7-15(13-19)12-18-22(4,20)21/h15,18H,5-13H2,1-4H3. The molecule has 0 bridgehead atoms. The third kappa shape index (κ3) is 5.07. The minimum Gasteiger partial charge on any atom is -0.303 e. The fourth-order valence-corrected chi connectivity index (χ4v) is 4.59. The monoisotopic (exact) mass is 328 g/mol. The Morgan fingerprint density at radius 3 is 2.73 bits per heavy atom. The second-order valence-electron chi connectivity index (χ2n) is 7.82. The lowest BCUT2D eigenvalue weighted by Gasteiger charge is -2.35. The third-order valence-corrected chi connectivity index (χ3v) is 6.06. The number of nitrogens with one attached hydrogen (secondary N) is 1. The molecule has 1 fully saturated rings. The molecule has 0 amide bonds. The molecule has 2 aliphatic rings. The Labute approximate surface area is 136 Å². The van der Waals surface area contributed by atoms with Crippen molar-refractivity contribution in [3.05, 3.63) is 11.1 Å². The van der Waals surface area contributed by atoms with Gasteiger partial charge >= 0.3 is 0 Å². The molecule has 128 valence electrons. The van der Waals surface area contributed by atoms with Gasteiger partial charge in [-0.1, -0.05) is 25.0 Å². The molecule has 1 heterocycles. The summed E-state index contributed by atoms with van der Waals surface area (Å²) < 4.78 is 25.0. The maximum atomic E-state index is 11.2. The number of rotatable bonds is 6. The number of allylic oxidation sites excluding steroid dienone is 1. The lowest BCUT2D eigenvalue weighted by Crippen LogP contribution is -2.31. The van der Waals surface area contributed by atoms with Crippen LogP contribution in [-0.2, 0) is 10.0 Å². The molecule has 1 atom stereocenters. The summed E-state index contributed by atoms with van der Waals surface area (Å²) in [6.07, 6.45) is 7.40. The maximum absolute atomic E-state index is 11.2. The van der Waals surface area contributed by atoms with E-state index in [4.69, 9.17) is 0 Å². The number of hydrogen-bond acceptors (Lipinski definition) is 3. The Balaban J connectivity index is 1.81. The molecule has 0 aromatic carbocycles. The van der Waals surface area contributed by atoms with Gasteiger partial charge in [0.1, 0.15) is 0 Å². The molecule has 1 unspecified atom stereocenters. The highest BCUT2D eigenvalue weighted by Gasteiger charge is 2.29. The van der Waals surface area contributed by atoms with Crippen LogP contribution in [0.15, 0.2) is 11.1 Å². The van der Waals surface area contributed by atoms with E-state index < -0.39 is 10.0 Å². The molecule has 0 aromatic rings. The van der Waals surface area contributed by atoms with Crippen molar-refractivity contribution in [1.29, 1.82) is 0 Å². The van der Waals surface area contributed by atoms with Crippen molar-refractivity contribution >= 4 is 10.0 Å². The van der Waals surface area contributed by atoms with E-state index in [1.807, 2.05) is 0 Å². The minimum absolute atomic E-state index is 0.360. The molecular weight excluding hydrogens is 296 g/mol. The Kier molecular flexibility index (Phi) is 5.73. The van der Waals surface area contributed by atoms with Crippen molar-refractivity contribution in [2.45, 2.75) is 52.9 Å². The molecule has 5 heteroatoms. The molecule has 1 aliphatic carbocycles. The van der Waals surface area contributed by atoms with Crippen LogP contribution >= 0.6 is 0 Å². The van der Waals surface area contributed by atoms with Gasteiger partial charge in [-0.2, -0.15) is 0 Å². The quantitative estimate of drug-likeness (QED) is 0.763. The van der Waals surface area contributed by atoms with Crippen LogP contribution < -0.4 is 4.72 Å². The smallest absolute Gasteiger partial charge is 0.208 e. The van der Waals surface area contributed by atoms with Crippen LogP contribution in [0, 0.1) is 11.3 Å². The first kappa shape index (κ1) is 18.0. The molecule has 2 rings (SSSR count). The molecule has 1 saturated heterocycles. The van der Waals surface area contributed by atoms with Crippen molar-refractivity contribution in [2.24, 2.45) is 11.3 Å². The zero-order valence-corrected chi connectivity index (χ0v) is 15.4. The number of sulfonamides is 1. The second-order valence-corrected chi connectivity index (χ2v) is 9.66. The summed E-state index contributed by atoms with van der Waals surface area (Å²) in [6, 6.07) is 0. The molecular formula is C17H32N2O2S. The van der Waals surface area contributed by atoms with Crippen molar-refractivity contribution < 1.29 is 8.42 Å². The minimum atomic E-state index is -3.06. The van der Waals surface area contributed by atoms with Gasteiger partial charge in [-0.3, -0.25) is 0 Å². The Morgan fingerprint density at radius 1 is 1.36 bits per heavy atom.